The molecule has 1 aliphatic carbocycles. The highest BCUT2D eigenvalue weighted by molar-refractivity contribution is 7.92. The summed E-state index contributed by atoms with van der Waals surface area (Å²) < 4.78 is 25.4. The van der Waals surface area contributed by atoms with Gasteiger partial charge in [-0.1, -0.05) is 24.3 Å². The van der Waals surface area contributed by atoms with Crippen molar-refractivity contribution >= 4 is 18.1 Å². The fourth-order valence-electron chi connectivity index (χ4n) is 4.62. The lowest BCUT2D eigenvalue weighted by Crippen LogP contribution is -2.32. The van der Waals surface area contributed by atoms with Gasteiger partial charge < -0.3 is 23.3 Å². The molecule has 3 aliphatic rings. The molecular formula is C26H32N2O5S. The van der Waals surface area contributed by atoms with E-state index in [9.17, 15) is 4.79 Å². The van der Waals surface area contributed by atoms with E-state index in [0.717, 1.165) is 43.2 Å². The number of benzene rings is 2. The minimum Gasteiger partial charge on any atom is -0.486 e. The number of carbonyl (C=O) groups is 1. The number of morpholine rings is 1. The van der Waals surface area contributed by atoms with Crippen LogP contribution in [0.15, 0.2) is 42.5 Å². The largest absolute Gasteiger partial charge is 0.486 e. The molecule has 1 saturated carbocycles. The Morgan fingerprint density at radius 3 is 2.53 bits per heavy atom. The van der Waals surface area contributed by atoms with Gasteiger partial charge >= 0.3 is 0 Å². The minimum absolute atomic E-state index is 0.0761. The van der Waals surface area contributed by atoms with E-state index in [2.05, 4.69) is 16.4 Å². The van der Waals surface area contributed by atoms with Gasteiger partial charge in [-0.25, -0.2) is 4.31 Å². The van der Waals surface area contributed by atoms with Gasteiger partial charge in [0, 0.05) is 31.8 Å². The van der Waals surface area contributed by atoms with Crippen LogP contribution in [0.25, 0.3) is 0 Å². The second-order valence-corrected chi connectivity index (χ2v) is 9.96. The van der Waals surface area contributed by atoms with Gasteiger partial charge in [0.1, 0.15) is 35.9 Å². The monoisotopic (exact) mass is 484 g/mol. The first-order valence-electron chi connectivity index (χ1n) is 12.0. The molecule has 2 unspecified atom stereocenters. The van der Waals surface area contributed by atoms with E-state index in [1.54, 1.807) is 7.11 Å². The number of methoxy groups -OCH3 is 1. The zero-order valence-electron chi connectivity index (χ0n) is 19.8. The Kier molecular flexibility index (Phi) is 7.29. The number of nitrogens with zero attached hydrogens (tertiary/aromatic N) is 2. The molecule has 0 radical (unpaired) electrons. The molecule has 1 amide bonds. The van der Waals surface area contributed by atoms with Crippen LogP contribution < -0.4 is 8.92 Å². The molecule has 8 heteroatoms. The Morgan fingerprint density at radius 2 is 1.76 bits per heavy atom. The van der Waals surface area contributed by atoms with Crippen molar-refractivity contribution in [3.8, 4) is 11.5 Å². The quantitative estimate of drug-likeness (QED) is 0.414. The molecule has 0 spiro atoms. The highest BCUT2D eigenvalue weighted by Crippen LogP contribution is 2.42. The highest BCUT2D eigenvalue weighted by Gasteiger charge is 2.39. The number of likely N-dealkylation sites (tertiary alicyclic amines) is 1. The lowest BCUT2D eigenvalue weighted by atomic mass is 9.97. The van der Waals surface area contributed by atoms with Gasteiger partial charge in [0.05, 0.1) is 26.3 Å². The zero-order chi connectivity index (χ0) is 23.5. The van der Waals surface area contributed by atoms with Crippen molar-refractivity contribution in [1.29, 1.82) is 0 Å². The van der Waals surface area contributed by atoms with Crippen LogP contribution >= 0.6 is 12.2 Å². The average molecular weight is 485 g/mol. The van der Waals surface area contributed by atoms with Crippen LogP contribution in [0.1, 0.15) is 40.2 Å². The van der Waals surface area contributed by atoms with Crippen LogP contribution in [0.4, 0.5) is 0 Å². The summed E-state index contributed by atoms with van der Waals surface area (Å²) in [5, 5.41) is 0. The first kappa shape index (κ1) is 23.5. The minimum atomic E-state index is -0.246. The van der Waals surface area contributed by atoms with Gasteiger partial charge in [-0.3, -0.25) is 4.79 Å². The summed E-state index contributed by atoms with van der Waals surface area (Å²) in [4.78, 5) is 15.4. The van der Waals surface area contributed by atoms with E-state index in [4.69, 9.17) is 18.4 Å². The summed E-state index contributed by atoms with van der Waals surface area (Å²) >= 11 is 1.34. The van der Waals surface area contributed by atoms with Crippen LogP contribution in [0.3, 0.4) is 0 Å². The molecule has 0 aromatic heterocycles. The van der Waals surface area contributed by atoms with Crippen LogP contribution in [0.2, 0.25) is 0 Å². The van der Waals surface area contributed by atoms with Gasteiger partial charge in [-0.05, 0) is 48.9 Å². The molecule has 2 aromatic rings. The van der Waals surface area contributed by atoms with E-state index < -0.39 is 0 Å². The summed E-state index contributed by atoms with van der Waals surface area (Å²) in [5.41, 5.74) is 3.08. The Hall–Kier alpha value is -2.26. The van der Waals surface area contributed by atoms with Crippen molar-refractivity contribution in [3.63, 3.8) is 0 Å². The van der Waals surface area contributed by atoms with E-state index in [1.807, 2.05) is 42.2 Å². The second kappa shape index (κ2) is 10.6. The third-order valence-corrected chi connectivity index (χ3v) is 7.49. The third kappa shape index (κ3) is 5.35. The standard InChI is InChI=1S/C26H32N2O5S/c1-18-5-3-8-22(19-9-10-19)25(18)26(29)27-16-23(30-2)24(17-27)32-20-6-4-7-21(15-20)33-34-28-11-13-31-14-12-28/h3-8,15,19,23-24H,9-14,16-17H2,1-2H3. The maximum absolute atomic E-state index is 13.5. The third-order valence-electron chi connectivity index (χ3n) is 6.64. The molecule has 0 bridgehead atoms. The fourth-order valence-corrected chi connectivity index (χ4v) is 5.21. The smallest absolute Gasteiger partial charge is 0.254 e. The Morgan fingerprint density at radius 1 is 1.03 bits per heavy atom. The molecule has 2 heterocycles. The first-order valence-corrected chi connectivity index (χ1v) is 12.7. The number of hydrogen-bond acceptors (Lipinski definition) is 7. The maximum atomic E-state index is 13.5. The zero-order valence-corrected chi connectivity index (χ0v) is 20.6. The molecule has 182 valence electrons. The van der Waals surface area contributed by atoms with Gasteiger partial charge in [0.15, 0.2) is 0 Å². The molecule has 0 N–H and O–H groups in total. The molecule has 2 atom stereocenters. The topological polar surface area (TPSA) is 60.5 Å². The summed E-state index contributed by atoms with van der Waals surface area (Å²) in [6, 6.07) is 13.8. The summed E-state index contributed by atoms with van der Waals surface area (Å²) in [6.45, 7) is 6.15. The normalized spacial score (nSPS) is 23.2. The molecule has 5 rings (SSSR count). The first-order chi connectivity index (χ1) is 16.6. The van der Waals surface area contributed by atoms with Crippen molar-refractivity contribution in [3.05, 3.63) is 59.2 Å². The number of ether oxygens (including phenoxy) is 3. The summed E-state index contributed by atoms with van der Waals surface area (Å²) in [5.74, 6) is 2.02. The van der Waals surface area contributed by atoms with Crippen molar-refractivity contribution in [2.24, 2.45) is 0 Å². The Labute approximate surface area is 205 Å². The lowest BCUT2D eigenvalue weighted by Gasteiger charge is -2.24. The second-order valence-electron chi connectivity index (χ2n) is 9.13. The van der Waals surface area contributed by atoms with E-state index in [1.165, 1.54) is 30.6 Å². The number of hydrogen-bond donors (Lipinski definition) is 0. The Bertz CT molecular complexity index is 1010. The number of carbonyl (C=O) groups excluding carboxylic acids is 1. The molecule has 7 nitrogen and oxygen atoms in total. The van der Waals surface area contributed by atoms with Crippen LogP contribution in [-0.2, 0) is 9.47 Å². The van der Waals surface area contributed by atoms with Crippen molar-refractivity contribution < 1.29 is 23.2 Å². The molecule has 2 aromatic carbocycles. The number of amides is 1. The summed E-state index contributed by atoms with van der Waals surface area (Å²) in [6.07, 6.45) is 1.89. The number of rotatable bonds is 8. The van der Waals surface area contributed by atoms with Gasteiger partial charge in [0.2, 0.25) is 0 Å². The molecule has 3 fully saturated rings. The van der Waals surface area contributed by atoms with Crippen LogP contribution in [-0.4, -0.2) is 73.8 Å². The van der Waals surface area contributed by atoms with Crippen molar-refractivity contribution in [2.45, 2.75) is 37.9 Å². The predicted octanol–water partition coefficient (Wildman–Crippen LogP) is 4.07. The SMILES string of the molecule is COC1CN(C(=O)c2c(C)cccc2C2CC2)CC1Oc1cccc(OSN2CCOCC2)c1. The number of aryl methyl sites for hydroxylation is 1. The fraction of sp³-hybridized carbons (Fsp3) is 0.500. The maximum Gasteiger partial charge on any atom is 0.254 e. The summed E-state index contributed by atoms with van der Waals surface area (Å²) in [7, 11) is 1.68. The van der Waals surface area contributed by atoms with E-state index >= 15 is 0 Å². The van der Waals surface area contributed by atoms with Crippen molar-refractivity contribution in [2.75, 3.05) is 46.5 Å². The molecule has 2 aliphatic heterocycles. The van der Waals surface area contributed by atoms with Crippen LogP contribution in [0.5, 0.6) is 11.5 Å². The molecule has 2 saturated heterocycles. The van der Waals surface area contributed by atoms with Gasteiger partial charge in [-0.2, -0.15) is 0 Å². The predicted molar refractivity (Wildman–Crippen MR) is 131 cm³/mol. The van der Waals surface area contributed by atoms with Gasteiger partial charge in [-0.15, -0.1) is 0 Å². The van der Waals surface area contributed by atoms with Crippen molar-refractivity contribution in [1.82, 2.24) is 9.21 Å². The highest BCUT2D eigenvalue weighted by atomic mass is 32.2. The van der Waals surface area contributed by atoms with E-state index in [-0.39, 0.29) is 18.1 Å². The molecular weight excluding hydrogens is 452 g/mol. The Balaban J connectivity index is 1.24. The average Bonchev–Trinajstić information content (AvgIpc) is 3.63. The lowest BCUT2D eigenvalue weighted by molar-refractivity contribution is 0.0339. The molecule has 34 heavy (non-hydrogen) atoms. The van der Waals surface area contributed by atoms with Gasteiger partial charge in [0.25, 0.3) is 5.91 Å². The van der Waals surface area contributed by atoms with Crippen LogP contribution in [0, 0.1) is 6.92 Å². The van der Waals surface area contributed by atoms with E-state index in [0.29, 0.717) is 24.8 Å².